The van der Waals surface area contributed by atoms with E-state index in [4.69, 9.17) is 23.2 Å². The fraction of sp³-hybridized carbons (Fsp3) is 0.473. The van der Waals surface area contributed by atoms with E-state index in [9.17, 15) is 0 Å². The second kappa shape index (κ2) is 24.9. The predicted octanol–water partition coefficient (Wildman–Crippen LogP) is 17.5. The predicted molar refractivity (Wildman–Crippen MR) is 269 cm³/mol. The van der Waals surface area contributed by atoms with Crippen LogP contribution in [0.15, 0.2) is 84.5 Å². The summed E-state index contributed by atoms with van der Waals surface area (Å²) in [5, 5.41) is 1.48. The van der Waals surface area contributed by atoms with Gasteiger partial charge in [0.05, 0.1) is 0 Å². The van der Waals surface area contributed by atoms with E-state index in [-0.39, 0.29) is 46.5 Å². The molecule has 2 aliphatic rings. The monoisotopic (exact) mass is 964 g/mol. The Morgan fingerprint density at radius 3 is 1.47 bits per heavy atom. The molecule has 0 fully saturated rings. The summed E-state index contributed by atoms with van der Waals surface area (Å²) in [6.07, 6.45) is 12.9. The molecule has 0 spiro atoms. The van der Waals surface area contributed by atoms with Gasteiger partial charge in [-0.05, 0) is 39.4 Å². The fourth-order valence-corrected chi connectivity index (χ4v) is 7.21. The van der Waals surface area contributed by atoms with Crippen molar-refractivity contribution in [1.82, 2.24) is 0 Å². The number of fused-ring (bicyclic) bond motifs is 3. The summed E-state index contributed by atoms with van der Waals surface area (Å²) < 4.78 is 3.34. The molecule has 1 atom stereocenters. The second-order valence-electron chi connectivity index (χ2n) is 20.6. The van der Waals surface area contributed by atoms with E-state index in [1.165, 1.54) is 93.6 Å². The van der Waals surface area contributed by atoms with E-state index in [0.29, 0.717) is 11.3 Å². The summed E-state index contributed by atoms with van der Waals surface area (Å²) in [6.45, 7) is 37.0. The summed E-state index contributed by atoms with van der Waals surface area (Å²) in [4.78, 5) is 0. The van der Waals surface area contributed by atoms with Crippen LogP contribution in [-0.2, 0) is 52.3 Å². The summed E-state index contributed by atoms with van der Waals surface area (Å²) in [7, 11) is 0. The van der Waals surface area contributed by atoms with Crippen molar-refractivity contribution in [3.8, 4) is 11.1 Å². The molecule has 0 saturated heterocycles. The Labute approximate surface area is 406 Å². The molecule has 330 valence electrons. The number of hydrogen-bond acceptors (Lipinski definition) is 0. The normalized spacial score (nSPS) is 14.0. The molecule has 0 heterocycles. The van der Waals surface area contributed by atoms with Crippen molar-refractivity contribution >= 4 is 52.2 Å². The average molecular weight is 968 g/mol. The fourth-order valence-electron chi connectivity index (χ4n) is 6.93. The van der Waals surface area contributed by atoms with Gasteiger partial charge in [-0.2, -0.15) is 113 Å². The Morgan fingerprint density at radius 2 is 1.12 bits per heavy atom. The standard InChI is InChI=1S/C29H41.C13H21.2C6H4Cl.CH2.2ClH.Zr/c1-26(2,3)22-14-18-13-19-15-23(27(4,5)6)25(29(10,11)12)17-21(19)20(18)16-24(22)28(7,8)9;1-5-6-7-11-8-9-12(10-11)13(2,3)4;2*7-6-4-2-1-3-5-6;;;;/h14,16-17H,13H2,1-12H3;9-11H,5-7H2,1-4H3;2*1-2,4-5H;1H2;2*1H;/q4*-1;;;;. The van der Waals surface area contributed by atoms with Gasteiger partial charge in [-0.25, -0.2) is 6.08 Å². The van der Waals surface area contributed by atoms with Gasteiger partial charge in [0.1, 0.15) is 0 Å². The molecule has 0 aliphatic heterocycles. The van der Waals surface area contributed by atoms with Crippen LogP contribution in [0.4, 0.5) is 0 Å². The van der Waals surface area contributed by atoms with Crippen LogP contribution in [0, 0.1) is 35.6 Å². The van der Waals surface area contributed by atoms with Crippen LogP contribution in [0.1, 0.15) is 163 Å². The van der Waals surface area contributed by atoms with Gasteiger partial charge in [-0.3, -0.25) is 6.08 Å². The number of rotatable bonds is 3. The molecule has 60 heavy (non-hydrogen) atoms. The molecule has 0 bridgehead atoms. The van der Waals surface area contributed by atoms with Crippen LogP contribution < -0.4 is 0 Å². The Hall–Kier alpha value is -1.73. The summed E-state index contributed by atoms with van der Waals surface area (Å²) in [6, 6.07) is 31.4. The quantitative estimate of drug-likeness (QED) is 0.158. The van der Waals surface area contributed by atoms with Gasteiger partial charge in [0.15, 0.2) is 0 Å². The minimum atomic E-state index is 0. The molecule has 4 aromatic carbocycles. The number of hydrogen-bond donors (Lipinski definition) is 0. The SMILES string of the molecule is CC(C)(C)c1[c-]c2c(cc1C(C)(C)C)-c1cc(C(C)(C)C)c(C(C)(C)C)cc1C2.CCCCC1[C-]=CC(C(C)(C)C)=C1.Cl.Cl.Clc1c[c-]ccc1.Clc1c[c-]ccc1.[CH2]=[Zr]. The van der Waals surface area contributed by atoms with Gasteiger partial charge in [-0.1, -0.05) is 175 Å². The van der Waals surface area contributed by atoms with Crippen LogP contribution >= 0.6 is 48.0 Å². The molecule has 6 rings (SSSR count). The van der Waals surface area contributed by atoms with Crippen molar-refractivity contribution in [2.45, 2.75) is 158 Å². The molecule has 0 aromatic heterocycles. The van der Waals surface area contributed by atoms with Crippen molar-refractivity contribution < 1.29 is 24.2 Å². The number of allylic oxidation sites excluding steroid dienone is 4. The third-order valence-corrected chi connectivity index (χ3v) is 10.6. The maximum atomic E-state index is 5.51. The molecule has 2 aliphatic carbocycles. The zero-order valence-electron chi connectivity index (χ0n) is 39.7. The summed E-state index contributed by atoms with van der Waals surface area (Å²) >= 11 is 12.3. The molecule has 0 saturated carbocycles. The molecular formula is C55H74Cl4Zr-4. The first-order valence-corrected chi connectivity index (χ1v) is 23.4. The van der Waals surface area contributed by atoms with Gasteiger partial charge in [0, 0.05) is 0 Å². The Morgan fingerprint density at radius 1 is 0.650 bits per heavy atom. The van der Waals surface area contributed by atoms with Crippen molar-refractivity contribution in [3.05, 3.63) is 152 Å². The van der Waals surface area contributed by atoms with Gasteiger partial charge in [0.2, 0.25) is 0 Å². The molecule has 1 unspecified atom stereocenters. The van der Waals surface area contributed by atoms with E-state index in [1.54, 1.807) is 12.1 Å². The molecule has 0 N–H and O–H groups in total. The van der Waals surface area contributed by atoms with Gasteiger partial charge < -0.3 is 0 Å². The van der Waals surface area contributed by atoms with E-state index in [1.807, 2.05) is 36.4 Å². The first kappa shape index (κ1) is 58.3. The topological polar surface area (TPSA) is 0 Å². The van der Waals surface area contributed by atoms with Gasteiger partial charge in [-0.15, -0.1) is 41.5 Å². The molecular weight excluding hydrogens is 894 g/mol. The van der Waals surface area contributed by atoms with Crippen LogP contribution in [0.25, 0.3) is 11.1 Å². The van der Waals surface area contributed by atoms with Crippen LogP contribution in [-0.4, -0.2) is 4.21 Å². The number of unbranched alkanes of at least 4 members (excludes halogenated alkanes) is 1. The van der Waals surface area contributed by atoms with E-state index < -0.39 is 0 Å². The molecule has 0 amide bonds. The molecule has 0 radical (unpaired) electrons. The zero-order chi connectivity index (χ0) is 44.3. The van der Waals surface area contributed by atoms with Gasteiger partial charge in [0.25, 0.3) is 0 Å². The molecule has 5 heteroatoms. The van der Waals surface area contributed by atoms with Crippen molar-refractivity contribution in [1.29, 1.82) is 0 Å². The summed E-state index contributed by atoms with van der Waals surface area (Å²) in [5.41, 5.74) is 13.7. The van der Waals surface area contributed by atoms with Crippen LogP contribution in [0.5, 0.6) is 0 Å². The third-order valence-electron chi connectivity index (χ3n) is 10.1. The zero-order valence-corrected chi connectivity index (χ0v) is 45.3. The maximum absolute atomic E-state index is 5.51. The Kier molecular flexibility index (Phi) is 24.2. The van der Waals surface area contributed by atoms with Crippen molar-refractivity contribution in [3.63, 3.8) is 0 Å². The van der Waals surface area contributed by atoms with E-state index in [2.05, 4.69) is 170 Å². The Balaban J connectivity index is 0.000000919. The average Bonchev–Trinajstić information content (AvgIpc) is 3.75. The number of halogens is 4. The van der Waals surface area contributed by atoms with Crippen LogP contribution in [0.2, 0.25) is 10.0 Å². The molecule has 0 nitrogen and oxygen atoms in total. The van der Waals surface area contributed by atoms with Crippen LogP contribution in [0.3, 0.4) is 0 Å². The third kappa shape index (κ3) is 18.2. The first-order chi connectivity index (χ1) is 26.7. The second-order valence-corrected chi connectivity index (χ2v) is 21.4. The van der Waals surface area contributed by atoms with Crippen molar-refractivity contribution in [2.24, 2.45) is 11.3 Å². The molecule has 4 aromatic rings. The van der Waals surface area contributed by atoms with E-state index >= 15 is 0 Å². The minimum absolute atomic E-state index is 0. The summed E-state index contributed by atoms with van der Waals surface area (Å²) in [5.74, 6) is 0.592. The van der Waals surface area contributed by atoms with Crippen molar-refractivity contribution in [2.75, 3.05) is 0 Å². The van der Waals surface area contributed by atoms with Gasteiger partial charge >= 0.3 is 28.4 Å². The Bertz CT molecular complexity index is 1820. The number of benzene rings is 4. The van der Waals surface area contributed by atoms with E-state index in [0.717, 1.165) is 16.5 Å². The first-order valence-electron chi connectivity index (χ1n) is 20.9.